The number of fused-ring (bicyclic) bond motifs is 1. The molecule has 1 aliphatic rings. The van der Waals surface area contributed by atoms with Gasteiger partial charge >= 0.3 is 0 Å². The largest absolute Gasteiger partial charge is 0.388 e. The predicted octanol–water partition coefficient (Wildman–Crippen LogP) is 1.94. The first kappa shape index (κ1) is 15.9. The molecule has 0 bridgehead atoms. The lowest BCUT2D eigenvalue weighted by Crippen LogP contribution is -2.44. The summed E-state index contributed by atoms with van der Waals surface area (Å²) in [6.07, 6.45) is 0.270. The molecular formula is C18H22N2O3. The monoisotopic (exact) mass is 314 g/mol. The Hall–Kier alpha value is -1.98. The third-order valence-electron chi connectivity index (χ3n) is 4.48. The Morgan fingerprint density at radius 2 is 2.17 bits per heavy atom. The van der Waals surface area contributed by atoms with Crippen molar-refractivity contribution in [2.45, 2.75) is 32.4 Å². The van der Waals surface area contributed by atoms with Crippen molar-refractivity contribution < 1.29 is 14.6 Å². The van der Waals surface area contributed by atoms with Gasteiger partial charge in [-0.25, -0.2) is 0 Å². The number of amides is 1. The molecule has 5 nitrogen and oxygen atoms in total. The van der Waals surface area contributed by atoms with Gasteiger partial charge in [0.05, 0.1) is 36.4 Å². The summed E-state index contributed by atoms with van der Waals surface area (Å²) in [6.45, 7) is 4.62. The molecule has 2 heterocycles. The number of likely N-dealkylation sites (N-methyl/N-ethyl adjacent to an activating group) is 1. The van der Waals surface area contributed by atoms with Crippen LogP contribution in [0, 0.1) is 6.92 Å². The molecule has 1 aliphatic heterocycles. The van der Waals surface area contributed by atoms with E-state index in [2.05, 4.69) is 11.9 Å². The van der Waals surface area contributed by atoms with Crippen molar-refractivity contribution in [2.24, 2.45) is 0 Å². The molecule has 2 aromatic rings. The van der Waals surface area contributed by atoms with Crippen molar-refractivity contribution in [1.82, 2.24) is 9.88 Å². The van der Waals surface area contributed by atoms with Gasteiger partial charge in [0, 0.05) is 18.1 Å². The molecule has 3 rings (SSSR count). The Morgan fingerprint density at radius 3 is 2.83 bits per heavy atom. The van der Waals surface area contributed by atoms with Crippen LogP contribution in [0.15, 0.2) is 24.3 Å². The van der Waals surface area contributed by atoms with Crippen LogP contribution in [0.5, 0.6) is 0 Å². The van der Waals surface area contributed by atoms with E-state index < -0.39 is 6.10 Å². The summed E-state index contributed by atoms with van der Waals surface area (Å²) in [6, 6.07) is 7.56. The van der Waals surface area contributed by atoms with Gasteiger partial charge in [-0.2, -0.15) is 0 Å². The number of nitrogens with zero attached hydrogens (tertiary/aromatic N) is 2. The molecule has 0 radical (unpaired) electrons. The number of rotatable bonds is 3. The standard InChI is InChI=1S/C18H22N2O3/c1-4-12-5-6-15-13(8-12)14(7-11(2)19-15)18(22)20(3)16-9-23-10-17(16)21/h5-8,16-17,21H,4,9-10H2,1-3H3/t16-,17-/m1/s1. The van der Waals surface area contributed by atoms with Crippen LogP contribution in [-0.2, 0) is 11.2 Å². The number of aromatic nitrogens is 1. The second-order valence-corrected chi connectivity index (χ2v) is 6.10. The fourth-order valence-electron chi connectivity index (χ4n) is 3.04. The number of aryl methyl sites for hydroxylation is 2. The first-order valence-corrected chi connectivity index (χ1v) is 7.94. The van der Waals surface area contributed by atoms with E-state index in [0.29, 0.717) is 12.2 Å². The molecule has 0 saturated carbocycles. The summed E-state index contributed by atoms with van der Waals surface area (Å²) in [4.78, 5) is 19.1. The van der Waals surface area contributed by atoms with Crippen LogP contribution in [0.2, 0.25) is 0 Å². The lowest BCUT2D eigenvalue weighted by atomic mass is 10.0. The Labute approximate surface area is 135 Å². The van der Waals surface area contributed by atoms with Crippen LogP contribution >= 0.6 is 0 Å². The molecule has 0 aliphatic carbocycles. The normalized spacial score (nSPS) is 20.9. The van der Waals surface area contributed by atoms with Gasteiger partial charge in [0.1, 0.15) is 0 Å². The maximum Gasteiger partial charge on any atom is 0.254 e. The number of benzene rings is 1. The average molecular weight is 314 g/mol. The molecule has 1 amide bonds. The highest BCUT2D eigenvalue weighted by molar-refractivity contribution is 6.06. The van der Waals surface area contributed by atoms with Gasteiger partial charge in [-0.1, -0.05) is 13.0 Å². The van der Waals surface area contributed by atoms with Crippen LogP contribution < -0.4 is 0 Å². The summed E-state index contributed by atoms with van der Waals surface area (Å²) in [5.74, 6) is -0.108. The average Bonchev–Trinajstić information content (AvgIpc) is 2.98. The summed E-state index contributed by atoms with van der Waals surface area (Å²) in [5, 5.41) is 10.8. The molecule has 1 N–H and O–H groups in total. The van der Waals surface area contributed by atoms with Gasteiger partial charge in [-0.3, -0.25) is 9.78 Å². The van der Waals surface area contributed by atoms with Crippen molar-refractivity contribution in [2.75, 3.05) is 20.3 Å². The predicted molar refractivity (Wildman–Crippen MR) is 88.6 cm³/mol. The van der Waals surface area contributed by atoms with E-state index in [1.165, 1.54) is 5.56 Å². The quantitative estimate of drug-likeness (QED) is 0.940. The molecule has 1 aromatic carbocycles. The van der Waals surface area contributed by atoms with E-state index >= 15 is 0 Å². The van der Waals surface area contributed by atoms with Gasteiger partial charge < -0.3 is 14.7 Å². The molecule has 23 heavy (non-hydrogen) atoms. The highest BCUT2D eigenvalue weighted by atomic mass is 16.5. The van der Waals surface area contributed by atoms with E-state index in [0.717, 1.165) is 23.0 Å². The Bertz CT molecular complexity index is 744. The minimum Gasteiger partial charge on any atom is -0.388 e. The fourth-order valence-corrected chi connectivity index (χ4v) is 3.04. The molecule has 122 valence electrons. The Balaban J connectivity index is 2.05. The lowest BCUT2D eigenvalue weighted by molar-refractivity contribution is 0.0583. The first-order valence-electron chi connectivity index (χ1n) is 7.94. The highest BCUT2D eigenvalue weighted by Gasteiger charge is 2.33. The molecule has 1 saturated heterocycles. The molecule has 2 atom stereocenters. The molecule has 0 unspecified atom stereocenters. The van der Waals surface area contributed by atoms with E-state index in [4.69, 9.17) is 4.74 Å². The number of pyridine rings is 1. The van der Waals surface area contributed by atoms with Crippen molar-refractivity contribution >= 4 is 16.8 Å². The number of carbonyl (C=O) groups is 1. The van der Waals surface area contributed by atoms with Crippen molar-refractivity contribution in [1.29, 1.82) is 0 Å². The van der Waals surface area contributed by atoms with Gasteiger partial charge in [-0.05, 0) is 37.1 Å². The summed E-state index contributed by atoms with van der Waals surface area (Å²) in [7, 11) is 1.72. The van der Waals surface area contributed by atoms with Crippen molar-refractivity contribution in [3.8, 4) is 0 Å². The second kappa shape index (κ2) is 6.26. The van der Waals surface area contributed by atoms with E-state index in [1.807, 2.05) is 31.2 Å². The minimum atomic E-state index is -0.635. The SMILES string of the molecule is CCc1ccc2nc(C)cc(C(=O)N(C)[C@@H]3COC[C@H]3O)c2c1. The summed E-state index contributed by atoms with van der Waals surface area (Å²) < 4.78 is 5.27. The van der Waals surface area contributed by atoms with Crippen molar-refractivity contribution in [3.63, 3.8) is 0 Å². The zero-order chi connectivity index (χ0) is 16.6. The number of ether oxygens (including phenoxy) is 1. The number of hydrogen-bond donors (Lipinski definition) is 1. The van der Waals surface area contributed by atoms with Crippen LogP contribution in [0.3, 0.4) is 0 Å². The minimum absolute atomic E-state index is 0.108. The van der Waals surface area contributed by atoms with E-state index in [9.17, 15) is 9.90 Å². The third-order valence-corrected chi connectivity index (χ3v) is 4.48. The number of aliphatic hydroxyl groups is 1. The third kappa shape index (κ3) is 2.94. The van der Waals surface area contributed by atoms with Crippen LogP contribution in [0.4, 0.5) is 0 Å². The highest BCUT2D eigenvalue weighted by Crippen LogP contribution is 2.23. The molecule has 0 spiro atoms. The summed E-state index contributed by atoms with van der Waals surface area (Å²) >= 11 is 0. The molecule has 5 heteroatoms. The van der Waals surface area contributed by atoms with Gasteiger partial charge in [0.2, 0.25) is 0 Å². The molecule has 1 fully saturated rings. The topological polar surface area (TPSA) is 62.7 Å². The van der Waals surface area contributed by atoms with E-state index in [1.54, 1.807) is 11.9 Å². The first-order chi connectivity index (χ1) is 11.0. The summed E-state index contributed by atoms with van der Waals surface area (Å²) in [5.41, 5.74) is 3.43. The number of hydrogen-bond acceptors (Lipinski definition) is 4. The van der Waals surface area contributed by atoms with Crippen molar-refractivity contribution in [3.05, 3.63) is 41.1 Å². The number of carbonyl (C=O) groups excluding carboxylic acids is 1. The molecule has 1 aromatic heterocycles. The Kier molecular flexibility index (Phi) is 4.33. The second-order valence-electron chi connectivity index (χ2n) is 6.10. The maximum absolute atomic E-state index is 13.0. The van der Waals surface area contributed by atoms with Crippen LogP contribution in [0.1, 0.15) is 28.5 Å². The fraction of sp³-hybridized carbons (Fsp3) is 0.444. The lowest BCUT2D eigenvalue weighted by Gasteiger charge is -2.26. The van der Waals surface area contributed by atoms with Gasteiger partial charge in [0.25, 0.3) is 5.91 Å². The Morgan fingerprint density at radius 1 is 1.39 bits per heavy atom. The van der Waals surface area contributed by atoms with Crippen LogP contribution in [0.25, 0.3) is 10.9 Å². The zero-order valence-electron chi connectivity index (χ0n) is 13.7. The smallest absolute Gasteiger partial charge is 0.254 e. The maximum atomic E-state index is 13.0. The van der Waals surface area contributed by atoms with E-state index in [-0.39, 0.29) is 18.6 Å². The number of aliphatic hydroxyl groups excluding tert-OH is 1. The molecular weight excluding hydrogens is 292 g/mol. The van der Waals surface area contributed by atoms with Crippen LogP contribution in [-0.4, -0.2) is 53.3 Å². The van der Waals surface area contributed by atoms with Gasteiger partial charge in [0.15, 0.2) is 0 Å². The zero-order valence-corrected chi connectivity index (χ0v) is 13.7. The van der Waals surface area contributed by atoms with Gasteiger partial charge in [-0.15, -0.1) is 0 Å².